The van der Waals surface area contributed by atoms with Crippen LogP contribution in [-0.2, 0) is 0 Å². The Morgan fingerprint density at radius 2 is 1.94 bits per heavy atom. The molecule has 2 amide bonds. The molecule has 1 fully saturated rings. The third-order valence-corrected chi connectivity index (χ3v) is 5.95. The van der Waals surface area contributed by atoms with Gasteiger partial charge in [0.25, 0.3) is 17.7 Å². The van der Waals surface area contributed by atoms with Crippen molar-refractivity contribution in [2.75, 3.05) is 26.7 Å². The first-order valence-electron chi connectivity index (χ1n) is 11.0. The van der Waals surface area contributed by atoms with E-state index in [0.29, 0.717) is 43.6 Å². The van der Waals surface area contributed by atoms with Crippen LogP contribution in [0.2, 0.25) is 0 Å². The lowest BCUT2D eigenvalue weighted by Gasteiger charge is -2.31. The van der Waals surface area contributed by atoms with Crippen molar-refractivity contribution in [3.05, 3.63) is 65.0 Å². The first kappa shape index (κ1) is 26.7. The fourth-order valence-electron chi connectivity index (χ4n) is 3.96. The number of halogens is 3. The van der Waals surface area contributed by atoms with Crippen molar-refractivity contribution in [2.24, 2.45) is 5.92 Å². The van der Waals surface area contributed by atoms with Gasteiger partial charge in [-0.15, -0.1) is 12.4 Å². The monoisotopic (exact) mass is 480 g/mol. The number of carbonyl (C=O) groups excluding carboxylic acids is 2. The fourth-order valence-corrected chi connectivity index (χ4v) is 3.96. The predicted molar refractivity (Wildman–Crippen MR) is 126 cm³/mol. The fraction of sp³-hybridized carbons (Fsp3) is 0.458. The molecule has 3 rings (SSSR count). The summed E-state index contributed by atoms with van der Waals surface area (Å²) in [5.74, 6) is -4.22. The number of benzene rings is 1. The topological polar surface area (TPSA) is 83.1 Å². The number of hydrogen-bond acceptors (Lipinski definition) is 4. The lowest BCUT2D eigenvalue weighted by Crippen LogP contribution is -2.46. The second-order valence-corrected chi connectivity index (χ2v) is 8.20. The molecule has 1 saturated heterocycles. The van der Waals surface area contributed by atoms with Crippen LogP contribution < -0.4 is 16.0 Å². The van der Waals surface area contributed by atoms with Gasteiger partial charge in [-0.05, 0) is 43.5 Å². The first-order valence-corrected chi connectivity index (χ1v) is 11.0. The van der Waals surface area contributed by atoms with Gasteiger partial charge in [0.05, 0.1) is 6.54 Å². The van der Waals surface area contributed by atoms with Gasteiger partial charge in [0, 0.05) is 36.7 Å². The molecule has 1 aliphatic heterocycles. The van der Waals surface area contributed by atoms with Crippen LogP contribution in [0.4, 0.5) is 8.78 Å². The van der Waals surface area contributed by atoms with Gasteiger partial charge < -0.3 is 16.0 Å². The summed E-state index contributed by atoms with van der Waals surface area (Å²) in [6, 6.07) is 12.8. The molecule has 1 aliphatic rings. The van der Waals surface area contributed by atoms with E-state index < -0.39 is 11.8 Å². The van der Waals surface area contributed by atoms with Gasteiger partial charge in [0.15, 0.2) is 0 Å². The van der Waals surface area contributed by atoms with E-state index in [-0.39, 0.29) is 42.4 Å². The average Bonchev–Trinajstić information content (AvgIpc) is 2.81. The van der Waals surface area contributed by atoms with E-state index in [1.807, 2.05) is 37.3 Å². The molecular formula is C24H31ClF2N4O2. The van der Waals surface area contributed by atoms with Gasteiger partial charge in [-0.25, -0.2) is 13.8 Å². The Bertz CT molecular complexity index is 943. The third-order valence-electron chi connectivity index (χ3n) is 5.95. The highest BCUT2D eigenvalue weighted by molar-refractivity contribution is 5.98. The van der Waals surface area contributed by atoms with E-state index >= 15 is 0 Å². The second kappa shape index (κ2) is 12.0. The molecule has 6 nitrogen and oxygen atoms in total. The summed E-state index contributed by atoms with van der Waals surface area (Å²) in [7, 11) is 1.51. The van der Waals surface area contributed by atoms with Crippen LogP contribution in [0.5, 0.6) is 0 Å². The molecule has 0 saturated carbocycles. The zero-order valence-electron chi connectivity index (χ0n) is 18.9. The highest BCUT2D eigenvalue weighted by Crippen LogP contribution is 2.32. The molecule has 9 heteroatoms. The summed E-state index contributed by atoms with van der Waals surface area (Å²) in [5, 5.41) is 8.06. The minimum Gasteiger partial charge on any atom is -0.354 e. The molecule has 0 unspecified atom stereocenters. The molecular weight excluding hydrogens is 450 g/mol. The van der Waals surface area contributed by atoms with E-state index in [4.69, 9.17) is 0 Å². The Balaban J connectivity index is 0.00000385. The standard InChI is InChI=1S/C24H30F2N4O2.ClH/c1-16(17-7-4-3-5-8-17)20-13-18(14-21(30-20)23(32)27-2)22(31)29-11-6-9-19-10-12-28-15-24(19,25)26;/h3-5,7-8,13-14,16,19,28H,6,9-12,15H2,1-2H3,(H,27,32)(H,29,31);1H/t16-,19+;/m0./s1. The Morgan fingerprint density at radius 1 is 1.21 bits per heavy atom. The number of piperidine rings is 1. The zero-order chi connectivity index (χ0) is 23.1. The molecule has 33 heavy (non-hydrogen) atoms. The minimum atomic E-state index is -2.71. The molecule has 0 spiro atoms. The summed E-state index contributed by atoms with van der Waals surface area (Å²) in [6.45, 7) is 2.56. The molecule has 0 bridgehead atoms. The van der Waals surface area contributed by atoms with Gasteiger partial charge in [-0.3, -0.25) is 9.59 Å². The summed E-state index contributed by atoms with van der Waals surface area (Å²) in [6.07, 6.45) is 1.25. The lowest BCUT2D eigenvalue weighted by molar-refractivity contribution is -0.0762. The summed E-state index contributed by atoms with van der Waals surface area (Å²) >= 11 is 0. The summed E-state index contributed by atoms with van der Waals surface area (Å²) < 4.78 is 27.9. The Kier molecular flexibility index (Phi) is 9.73. The van der Waals surface area contributed by atoms with Crippen LogP contribution >= 0.6 is 12.4 Å². The number of aromatic nitrogens is 1. The quantitative estimate of drug-likeness (QED) is 0.502. The molecule has 2 aromatic rings. The molecule has 2 atom stereocenters. The van der Waals surface area contributed by atoms with Crippen molar-refractivity contribution >= 4 is 24.2 Å². The van der Waals surface area contributed by atoms with Crippen molar-refractivity contribution in [3.63, 3.8) is 0 Å². The highest BCUT2D eigenvalue weighted by Gasteiger charge is 2.40. The van der Waals surface area contributed by atoms with E-state index in [0.717, 1.165) is 5.56 Å². The molecule has 0 aliphatic carbocycles. The number of pyridine rings is 1. The van der Waals surface area contributed by atoms with E-state index in [1.165, 1.54) is 13.1 Å². The van der Waals surface area contributed by atoms with Crippen molar-refractivity contribution in [3.8, 4) is 0 Å². The zero-order valence-corrected chi connectivity index (χ0v) is 19.7. The largest absolute Gasteiger partial charge is 0.354 e. The van der Waals surface area contributed by atoms with E-state index in [1.54, 1.807) is 6.07 Å². The maximum atomic E-state index is 13.9. The number of rotatable bonds is 8. The number of amides is 2. The highest BCUT2D eigenvalue weighted by atomic mass is 35.5. The summed E-state index contributed by atoms with van der Waals surface area (Å²) in [4.78, 5) is 29.4. The van der Waals surface area contributed by atoms with Crippen molar-refractivity contribution in [1.82, 2.24) is 20.9 Å². The third kappa shape index (κ3) is 6.95. The van der Waals surface area contributed by atoms with Crippen LogP contribution in [0.15, 0.2) is 42.5 Å². The molecule has 1 aromatic carbocycles. The average molecular weight is 481 g/mol. The van der Waals surface area contributed by atoms with Crippen molar-refractivity contribution in [2.45, 2.75) is 38.0 Å². The van der Waals surface area contributed by atoms with E-state index in [9.17, 15) is 18.4 Å². The van der Waals surface area contributed by atoms with Gasteiger partial charge in [0.1, 0.15) is 5.69 Å². The van der Waals surface area contributed by atoms with Crippen LogP contribution in [0.25, 0.3) is 0 Å². The molecule has 1 aromatic heterocycles. The number of hydrogen-bond donors (Lipinski definition) is 3. The van der Waals surface area contributed by atoms with Crippen LogP contribution in [0.1, 0.15) is 64.2 Å². The molecule has 2 heterocycles. The molecule has 0 radical (unpaired) electrons. The predicted octanol–water partition coefficient (Wildman–Crippen LogP) is 3.77. The smallest absolute Gasteiger partial charge is 0.269 e. The van der Waals surface area contributed by atoms with Crippen LogP contribution in [0, 0.1) is 5.92 Å². The van der Waals surface area contributed by atoms with Crippen LogP contribution in [0.3, 0.4) is 0 Å². The number of nitrogens with zero attached hydrogens (tertiary/aromatic N) is 1. The molecule has 180 valence electrons. The first-order chi connectivity index (χ1) is 15.3. The normalized spacial score (nSPS) is 18.0. The Hall–Kier alpha value is -2.58. The van der Waals surface area contributed by atoms with Gasteiger partial charge in [-0.2, -0.15) is 0 Å². The van der Waals surface area contributed by atoms with Crippen molar-refractivity contribution < 1.29 is 18.4 Å². The second-order valence-electron chi connectivity index (χ2n) is 8.20. The number of alkyl halides is 2. The minimum absolute atomic E-state index is 0. The van der Waals surface area contributed by atoms with Gasteiger partial charge in [-0.1, -0.05) is 37.3 Å². The van der Waals surface area contributed by atoms with Crippen LogP contribution in [-0.4, -0.2) is 49.4 Å². The number of carbonyl (C=O) groups is 2. The van der Waals surface area contributed by atoms with E-state index in [2.05, 4.69) is 20.9 Å². The summed E-state index contributed by atoms with van der Waals surface area (Å²) in [5.41, 5.74) is 2.11. The lowest BCUT2D eigenvalue weighted by atomic mass is 9.89. The molecule has 3 N–H and O–H groups in total. The SMILES string of the molecule is CNC(=O)c1cc(C(=O)NCCC[C@@H]2CCNCC2(F)F)cc([C@@H](C)c2ccccc2)n1.Cl. The Labute approximate surface area is 199 Å². The Morgan fingerprint density at radius 3 is 2.61 bits per heavy atom. The maximum absolute atomic E-state index is 13.9. The maximum Gasteiger partial charge on any atom is 0.269 e. The van der Waals surface area contributed by atoms with Gasteiger partial charge >= 0.3 is 0 Å². The van der Waals surface area contributed by atoms with Crippen molar-refractivity contribution in [1.29, 1.82) is 0 Å². The van der Waals surface area contributed by atoms with Gasteiger partial charge in [0.2, 0.25) is 0 Å². The number of nitrogens with one attached hydrogen (secondary N) is 3.